The van der Waals surface area contributed by atoms with E-state index in [0.717, 1.165) is 32.4 Å². The van der Waals surface area contributed by atoms with Gasteiger partial charge in [-0.1, -0.05) is 12.1 Å². The monoisotopic (exact) mass is 463 g/mol. The summed E-state index contributed by atoms with van der Waals surface area (Å²) in [5.74, 6) is 0. The summed E-state index contributed by atoms with van der Waals surface area (Å²) in [6.45, 7) is 3.40. The summed E-state index contributed by atoms with van der Waals surface area (Å²) < 4.78 is 3.83. The first-order chi connectivity index (χ1) is 9.82. The molecule has 0 aliphatic carbocycles. The van der Waals surface area contributed by atoms with Gasteiger partial charge in [0.15, 0.2) is 0 Å². The lowest BCUT2D eigenvalue weighted by atomic mass is 9.92. The molecule has 114 valence electrons. The van der Waals surface area contributed by atoms with Gasteiger partial charge in [0.25, 0.3) is 0 Å². The first-order valence-electron chi connectivity index (χ1n) is 6.67. The molecule has 21 heavy (non-hydrogen) atoms. The van der Waals surface area contributed by atoms with Crippen molar-refractivity contribution in [1.82, 2.24) is 14.7 Å². The van der Waals surface area contributed by atoms with Gasteiger partial charge < -0.3 is 10.0 Å². The molecule has 0 aliphatic heterocycles. The van der Waals surface area contributed by atoms with Crippen molar-refractivity contribution < 1.29 is 5.11 Å². The minimum absolute atomic E-state index is 0.731. The van der Waals surface area contributed by atoms with Crippen LogP contribution in [0, 0.1) is 3.57 Å². The van der Waals surface area contributed by atoms with Crippen LogP contribution in [-0.4, -0.2) is 40.4 Å². The zero-order valence-corrected chi connectivity index (χ0v) is 16.1. The summed E-state index contributed by atoms with van der Waals surface area (Å²) in [4.78, 5) is 2.10. The van der Waals surface area contributed by atoms with Crippen LogP contribution in [0.25, 0.3) is 0 Å². The number of nitrogens with zero attached hydrogens (tertiary/aromatic N) is 3. The van der Waals surface area contributed by atoms with Crippen molar-refractivity contribution in [3.05, 3.63) is 49.8 Å². The highest BCUT2D eigenvalue weighted by atomic mass is 127. The molecule has 1 unspecified atom stereocenters. The van der Waals surface area contributed by atoms with E-state index in [-0.39, 0.29) is 0 Å². The normalized spacial score (nSPS) is 14.4. The average molecular weight is 464 g/mol. The second-order valence-corrected chi connectivity index (χ2v) is 7.55. The molecular formula is C15H19BrIN3O. The summed E-state index contributed by atoms with van der Waals surface area (Å²) in [7, 11) is 4.05. The lowest BCUT2D eigenvalue weighted by Gasteiger charge is -2.26. The van der Waals surface area contributed by atoms with E-state index in [1.165, 1.54) is 0 Å². The van der Waals surface area contributed by atoms with Crippen molar-refractivity contribution in [2.45, 2.75) is 19.1 Å². The molecule has 1 heterocycles. The van der Waals surface area contributed by atoms with Gasteiger partial charge in [-0.25, -0.2) is 0 Å². The molecule has 0 saturated carbocycles. The number of hydrogen-bond donors (Lipinski definition) is 1. The standard InChI is InChI=1S/C15H19BrIN3O/c1-15(21,11-4-6-12(17)7-5-11)14-13(16)10-18-20(14)9-8-19(2)3/h4-7,10,21H,8-9H2,1-3H3. The molecule has 1 aromatic carbocycles. The Morgan fingerprint density at radius 1 is 1.33 bits per heavy atom. The van der Waals surface area contributed by atoms with E-state index in [4.69, 9.17) is 0 Å². The molecule has 0 amide bonds. The van der Waals surface area contributed by atoms with Crippen molar-refractivity contribution in [2.75, 3.05) is 20.6 Å². The fraction of sp³-hybridized carbons (Fsp3) is 0.400. The number of hydrogen-bond acceptors (Lipinski definition) is 3. The topological polar surface area (TPSA) is 41.3 Å². The van der Waals surface area contributed by atoms with E-state index >= 15 is 0 Å². The Morgan fingerprint density at radius 2 is 1.95 bits per heavy atom. The van der Waals surface area contributed by atoms with E-state index in [1.54, 1.807) is 6.20 Å². The predicted molar refractivity (Wildman–Crippen MR) is 96.3 cm³/mol. The summed E-state index contributed by atoms with van der Waals surface area (Å²) in [6.07, 6.45) is 1.74. The quantitative estimate of drug-likeness (QED) is 0.693. The first-order valence-corrected chi connectivity index (χ1v) is 8.54. The second-order valence-electron chi connectivity index (χ2n) is 5.45. The Balaban J connectivity index is 2.39. The molecule has 1 N–H and O–H groups in total. The lowest BCUT2D eigenvalue weighted by molar-refractivity contribution is 0.0900. The Kier molecular flexibility index (Phi) is 5.45. The third-order valence-electron chi connectivity index (χ3n) is 3.42. The molecule has 2 aromatic rings. The first kappa shape index (κ1) is 16.9. The molecule has 0 spiro atoms. The molecule has 0 aliphatic rings. The van der Waals surface area contributed by atoms with Crippen molar-refractivity contribution in [3.63, 3.8) is 0 Å². The van der Waals surface area contributed by atoms with Crippen LogP contribution >= 0.6 is 38.5 Å². The minimum atomic E-state index is -1.09. The third-order valence-corrected chi connectivity index (χ3v) is 4.72. The molecule has 0 bridgehead atoms. The third kappa shape index (κ3) is 3.85. The van der Waals surface area contributed by atoms with Crippen LogP contribution in [0.4, 0.5) is 0 Å². The van der Waals surface area contributed by atoms with Gasteiger partial charge in [0.1, 0.15) is 5.60 Å². The molecule has 0 fully saturated rings. The minimum Gasteiger partial charge on any atom is -0.379 e. The van der Waals surface area contributed by atoms with Crippen molar-refractivity contribution in [1.29, 1.82) is 0 Å². The zero-order chi connectivity index (χ0) is 15.6. The highest BCUT2D eigenvalue weighted by molar-refractivity contribution is 14.1. The fourth-order valence-electron chi connectivity index (χ4n) is 2.22. The van der Waals surface area contributed by atoms with Gasteiger partial charge in [0.05, 0.1) is 22.9 Å². The van der Waals surface area contributed by atoms with E-state index in [1.807, 2.05) is 50.0 Å². The van der Waals surface area contributed by atoms with Crippen LogP contribution in [0.5, 0.6) is 0 Å². The van der Waals surface area contributed by atoms with Crippen LogP contribution < -0.4 is 0 Å². The van der Waals surface area contributed by atoms with Crippen molar-refractivity contribution in [2.24, 2.45) is 0 Å². The van der Waals surface area contributed by atoms with E-state index in [2.05, 4.69) is 48.5 Å². The fourth-order valence-corrected chi connectivity index (χ4v) is 3.26. The number of rotatable bonds is 5. The van der Waals surface area contributed by atoms with Gasteiger partial charge in [-0.05, 0) is 77.2 Å². The molecule has 6 heteroatoms. The largest absolute Gasteiger partial charge is 0.379 e. The van der Waals surface area contributed by atoms with Gasteiger partial charge >= 0.3 is 0 Å². The van der Waals surface area contributed by atoms with Crippen LogP contribution in [0.3, 0.4) is 0 Å². The van der Waals surface area contributed by atoms with Crippen LogP contribution in [-0.2, 0) is 12.1 Å². The molecule has 1 aromatic heterocycles. The second kappa shape index (κ2) is 6.76. The SMILES string of the molecule is CN(C)CCn1ncc(Br)c1C(C)(O)c1ccc(I)cc1. The lowest BCUT2D eigenvalue weighted by Crippen LogP contribution is -2.29. The molecule has 1 atom stereocenters. The number of benzene rings is 1. The smallest absolute Gasteiger partial charge is 0.129 e. The summed E-state index contributed by atoms with van der Waals surface area (Å²) in [5.41, 5.74) is 0.548. The zero-order valence-electron chi connectivity index (χ0n) is 12.3. The number of likely N-dealkylation sites (N-methyl/N-ethyl adjacent to an activating group) is 1. The highest BCUT2D eigenvalue weighted by Crippen LogP contribution is 2.34. The number of aliphatic hydroxyl groups is 1. The highest BCUT2D eigenvalue weighted by Gasteiger charge is 2.32. The van der Waals surface area contributed by atoms with Gasteiger partial charge in [0.2, 0.25) is 0 Å². The molecule has 2 rings (SSSR count). The van der Waals surface area contributed by atoms with Gasteiger partial charge in [0, 0.05) is 10.1 Å². The van der Waals surface area contributed by atoms with E-state index in [0.29, 0.717) is 0 Å². The Bertz CT molecular complexity index is 608. The Hall–Kier alpha value is -0.440. The molecule has 0 radical (unpaired) electrons. The van der Waals surface area contributed by atoms with Gasteiger partial charge in [-0.2, -0.15) is 5.10 Å². The van der Waals surface area contributed by atoms with Gasteiger partial charge in [-0.3, -0.25) is 4.68 Å². The molecular weight excluding hydrogens is 445 g/mol. The summed E-state index contributed by atoms with van der Waals surface area (Å²) in [5, 5.41) is 15.4. The van der Waals surface area contributed by atoms with Crippen LogP contribution in [0.1, 0.15) is 18.2 Å². The average Bonchev–Trinajstić information content (AvgIpc) is 2.78. The molecule has 4 nitrogen and oxygen atoms in total. The maximum atomic E-state index is 11.1. The van der Waals surface area contributed by atoms with E-state index < -0.39 is 5.60 Å². The van der Waals surface area contributed by atoms with Gasteiger partial charge in [-0.15, -0.1) is 0 Å². The Labute approximate surface area is 147 Å². The maximum Gasteiger partial charge on any atom is 0.129 e. The van der Waals surface area contributed by atoms with Crippen molar-refractivity contribution >= 4 is 38.5 Å². The predicted octanol–water partition coefficient (Wildman–Crippen LogP) is 3.07. The van der Waals surface area contributed by atoms with Crippen molar-refractivity contribution in [3.8, 4) is 0 Å². The number of halogens is 2. The maximum absolute atomic E-state index is 11.1. The van der Waals surface area contributed by atoms with Crippen LogP contribution in [0.2, 0.25) is 0 Å². The van der Waals surface area contributed by atoms with Crippen LogP contribution in [0.15, 0.2) is 34.9 Å². The number of aromatic nitrogens is 2. The Morgan fingerprint density at radius 3 is 2.52 bits per heavy atom. The molecule has 0 saturated heterocycles. The summed E-state index contributed by atoms with van der Waals surface area (Å²) >= 11 is 5.77. The summed E-state index contributed by atoms with van der Waals surface area (Å²) in [6, 6.07) is 7.91. The van der Waals surface area contributed by atoms with E-state index in [9.17, 15) is 5.11 Å².